The Bertz CT molecular complexity index is 659. The average molecular weight is 332 g/mol. The summed E-state index contributed by atoms with van der Waals surface area (Å²) in [5, 5.41) is 13.7. The molecular weight excluding hydrogens is 320 g/mol. The fourth-order valence-electron chi connectivity index (χ4n) is 1.72. The van der Waals surface area contributed by atoms with Gasteiger partial charge < -0.3 is 10.4 Å². The van der Waals surface area contributed by atoms with Gasteiger partial charge in [0.05, 0.1) is 12.1 Å². The molecule has 1 amide bonds. The lowest BCUT2D eigenvalue weighted by molar-refractivity contribution is 0.0555. The van der Waals surface area contributed by atoms with Crippen molar-refractivity contribution in [2.45, 2.75) is 12.5 Å². The number of nitrogens with one attached hydrogen (secondary N) is 1. The topological polar surface area (TPSA) is 49.3 Å². The second kappa shape index (κ2) is 6.09. The van der Waals surface area contributed by atoms with Crippen LogP contribution < -0.4 is 5.32 Å². The summed E-state index contributed by atoms with van der Waals surface area (Å²) in [7, 11) is 0. The van der Waals surface area contributed by atoms with Crippen molar-refractivity contribution < 1.29 is 18.7 Å². The molecule has 112 valence electrons. The first-order valence-electron chi connectivity index (χ1n) is 6.01. The second-order valence-corrected chi connectivity index (χ2v) is 5.98. The van der Waals surface area contributed by atoms with Gasteiger partial charge in [0.2, 0.25) is 0 Å². The van der Waals surface area contributed by atoms with E-state index in [1.807, 2.05) is 0 Å². The Morgan fingerprint density at radius 1 is 1.43 bits per heavy atom. The third kappa shape index (κ3) is 3.40. The van der Waals surface area contributed by atoms with E-state index in [4.69, 9.17) is 11.6 Å². The summed E-state index contributed by atoms with van der Waals surface area (Å²) in [5.74, 6) is -2.83. The molecule has 0 aliphatic carbocycles. The van der Waals surface area contributed by atoms with Crippen molar-refractivity contribution in [3.05, 3.63) is 56.7 Å². The van der Waals surface area contributed by atoms with Gasteiger partial charge in [-0.15, -0.1) is 11.3 Å². The summed E-state index contributed by atoms with van der Waals surface area (Å²) in [4.78, 5) is 12.6. The number of thiophene rings is 1. The van der Waals surface area contributed by atoms with E-state index in [9.17, 15) is 18.7 Å². The molecule has 3 nitrogen and oxygen atoms in total. The number of hydrogen-bond acceptors (Lipinski definition) is 3. The lowest BCUT2D eigenvalue weighted by atomic mass is 10.0. The van der Waals surface area contributed by atoms with Crippen molar-refractivity contribution in [3.8, 4) is 0 Å². The summed E-state index contributed by atoms with van der Waals surface area (Å²) in [6.45, 7) is 1.42. The summed E-state index contributed by atoms with van der Waals surface area (Å²) >= 11 is 6.76. The minimum absolute atomic E-state index is 0.110. The predicted molar refractivity (Wildman–Crippen MR) is 77.6 cm³/mol. The van der Waals surface area contributed by atoms with Gasteiger partial charge in [0.25, 0.3) is 5.91 Å². The zero-order valence-electron chi connectivity index (χ0n) is 11.0. The van der Waals surface area contributed by atoms with Crippen LogP contribution in [0, 0.1) is 11.6 Å². The van der Waals surface area contributed by atoms with Crippen LogP contribution in [0.25, 0.3) is 0 Å². The Morgan fingerprint density at radius 3 is 2.76 bits per heavy atom. The van der Waals surface area contributed by atoms with Gasteiger partial charge in [-0.2, -0.15) is 0 Å². The van der Waals surface area contributed by atoms with Crippen LogP contribution in [0.15, 0.2) is 29.6 Å². The van der Waals surface area contributed by atoms with Crippen molar-refractivity contribution in [2.24, 2.45) is 0 Å². The molecule has 0 aliphatic heterocycles. The van der Waals surface area contributed by atoms with Gasteiger partial charge in [-0.3, -0.25) is 4.79 Å². The summed E-state index contributed by atoms with van der Waals surface area (Å²) in [6.07, 6.45) is 0. The van der Waals surface area contributed by atoms with Crippen LogP contribution in [0.5, 0.6) is 0 Å². The predicted octanol–water partition coefficient (Wildman–Crippen LogP) is 3.32. The summed E-state index contributed by atoms with van der Waals surface area (Å²) < 4.78 is 26.8. The van der Waals surface area contributed by atoms with E-state index in [1.165, 1.54) is 18.3 Å². The van der Waals surface area contributed by atoms with Gasteiger partial charge in [-0.05, 0) is 30.5 Å². The molecule has 1 unspecified atom stereocenters. The number of benzene rings is 1. The molecule has 7 heteroatoms. The maximum Gasteiger partial charge on any atom is 0.254 e. The first-order valence-corrected chi connectivity index (χ1v) is 7.27. The van der Waals surface area contributed by atoms with Crippen LogP contribution in [-0.4, -0.2) is 17.6 Å². The van der Waals surface area contributed by atoms with Crippen LogP contribution in [0.1, 0.15) is 22.2 Å². The normalized spacial score (nSPS) is 13.8. The molecular formula is C14H12ClF2NO2S. The van der Waals surface area contributed by atoms with E-state index in [0.29, 0.717) is 4.88 Å². The quantitative estimate of drug-likeness (QED) is 0.844. The molecule has 1 aromatic carbocycles. The average Bonchev–Trinajstić information content (AvgIpc) is 2.97. The first kappa shape index (κ1) is 15.9. The monoisotopic (exact) mass is 331 g/mol. The number of rotatable bonds is 4. The van der Waals surface area contributed by atoms with E-state index in [-0.39, 0.29) is 12.1 Å². The Hall–Kier alpha value is -1.50. The number of hydrogen-bond donors (Lipinski definition) is 2. The first-order chi connectivity index (χ1) is 9.83. The van der Waals surface area contributed by atoms with Crippen molar-refractivity contribution in [1.29, 1.82) is 0 Å². The number of carbonyl (C=O) groups excluding carboxylic acids is 1. The zero-order valence-corrected chi connectivity index (χ0v) is 12.6. The van der Waals surface area contributed by atoms with Crippen molar-refractivity contribution in [3.63, 3.8) is 0 Å². The molecule has 2 aromatic rings. The van der Waals surface area contributed by atoms with E-state index >= 15 is 0 Å². The number of carbonyl (C=O) groups is 1. The van der Waals surface area contributed by atoms with E-state index in [0.717, 1.165) is 12.1 Å². The number of amides is 1. The third-order valence-electron chi connectivity index (χ3n) is 2.92. The molecule has 1 aromatic heterocycles. The van der Waals surface area contributed by atoms with Gasteiger partial charge in [-0.1, -0.05) is 17.7 Å². The fourth-order valence-corrected chi connectivity index (χ4v) is 2.67. The van der Waals surface area contributed by atoms with Crippen LogP contribution in [0.2, 0.25) is 5.02 Å². The maximum atomic E-state index is 13.7. The van der Waals surface area contributed by atoms with E-state index < -0.39 is 28.2 Å². The lowest BCUT2D eigenvalue weighted by Gasteiger charge is -2.22. The van der Waals surface area contributed by atoms with E-state index in [1.54, 1.807) is 17.5 Å². The molecule has 0 saturated carbocycles. The SMILES string of the molecule is CC(O)(CNC(=O)c1ccc(F)c(Cl)c1F)c1cccs1. The van der Waals surface area contributed by atoms with Gasteiger partial charge in [0.15, 0.2) is 5.82 Å². The Labute approximate surface area is 129 Å². The molecule has 0 spiro atoms. The van der Waals surface area contributed by atoms with Gasteiger partial charge >= 0.3 is 0 Å². The minimum atomic E-state index is -1.27. The van der Waals surface area contributed by atoms with Crippen LogP contribution in [0.3, 0.4) is 0 Å². The summed E-state index contributed by atoms with van der Waals surface area (Å²) in [5.41, 5.74) is -1.65. The Balaban J connectivity index is 2.11. The summed E-state index contributed by atoms with van der Waals surface area (Å²) in [6, 6.07) is 5.42. The smallest absolute Gasteiger partial charge is 0.254 e. The van der Waals surface area contributed by atoms with E-state index in [2.05, 4.69) is 5.32 Å². The van der Waals surface area contributed by atoms with Gasteiger partial charge in [0, 0.05) is 4.88 Å². The highest BCUT2D eigenvalue weighted by atomic mass is 35.5. The molecule has 0 bridgehead atoms. The number of aliphatic hydroxyl groups is 1. The molecule has 0 fully saturated rings. The molecule has 1 heterocycles. The second-order valence-electron chi connectivity index (χ2n) is 4.66. The van der Waals surface area contributed by atoms with Gasteiger partial charge in [0.1, 0.15) is 16.4 Å². The number of halogens is 3. The molecule has 0 aliphatic rings. The molecule has 0 radical (unpaired) electrons. The third-order valence-corrected chi connectivity index (χ3v) is 4.39. The highest BCUT2D eigenvalue weighted by Crippen LogP contribution is 2.25. The molecule has 1 atom stereocenters. The largest absolute Gasteiger partial charge is 0.383 e. The fraction of sp³-hybridized carbons (Fsp3) is 0.214. The highest BCUT2D eigenvalue weighted by Gasteiger charge is 2.26. The molecule has 2 rings (SSSR count). The van der Waals surface area contributed by atoms with Crippen molar-refractivity contribution >= 4 is 28.8 Å². The maximum absolute atomic E-state index is 13.7. The molecule has 21 heavy (non-hydrogen) atoms. The van der Waals surface area contributed by atoms with Gasteiger partial charge in [-0.25, -0.2) is 8.78 Å². The molecule has 2 N–H and O–H groups in total. The molecule has 0 saturated heterocycles. The van der Waals surface area contributed by atoms with Crippen molar-refractivity contribution in [2.75, 3.05) is 6.54 Å². The Morgan fingerprint density at radius 2 is 2.14 bits per heavy atom. The minimum Gasteiger partial charge on any atom is -0.383 e. The highest BCUT2D eigenvalue weighted by molar-refractivity contribution is 7.10. The van der Waals surface area contributed by atoms with Crippen LogP contribution >= 0.6 is 22.9 Å². The van der Waals surface area contributed by atoms with Crippen LogP contribution in [0.4, 0.5) is 8.78 Å². The standard InChI is InChI=1S/C14H12ClF2NO2S/c1-14(20,10-3-2-6-21-10)7-18-13(19)8-4-5-9(16)11(15)12(8)17/h2-6,20H,7H2,1H3,(H,18,19). The van der Waals surface area contributed by atoms with Crippen LogP contribution in [-0.2, 0) is 5.60 Å². The zero-order chi connectivity index (χ0) is 15.6. The Kier molecular flexibility index (Phi) is 4.61. The lowest BCUT2D eigenvalue weighted by Crippen LogP contribution is -2.38. The van der Waals surface area contributed by atoms with Crippen molar-refractivity contribution in [1.82, 2.24) is 5.32 Å².